The van der Waals surface area contributed by atoms with Crippen LogP contribution in [0.1, 0.15) is 65.2 Å². The molecule has 0 bridgehead atoms. The van der Waals surface area contributed by atoms with Gasteiger partial charge in [-0.1, -0.05) is 39.0 Å². The normalized spacial score (nSPS) is 11.3. The summed E-state index contributed by atoms with van der Waals surface area (Å²) in [6.45, 7) is 8.96. The van der Waals surface area contributed by atoms with Crippen molar-refractivity contribution in [3.05, 3.63) is 0 Å². The molecule has 0 aliphatic heterocycles. The van der Waals surface area contributed by atoms with Crippen LogP contribution in [0, 0.1) is 0 Å². The van der Waals surface area contributed by atoms with Crippen LogP contribution in [0.25, 0.3) is 0 Å². The zero-order valence-electron chi connectivity index (χ0n) is 15.1. The van der Waals surface area contributed by atoms with Crippen LogP contribution in [0.15, 0.2) is 4.99 Å². The molecule has 6 heteroatoms. The first-order chi connectivity index (χ1) is 10.8. The van der Waals surface area contributed by atoms with Crippen molar-refractivity contribution in [2.24, 2.45) is 10.7 Å². The second-order valence-electron chi connectivity index (χ2n) is 5.48. The first-order valence-electron chi connectivity index (χ1n) is 9.00. The molecule has 0 aromatic carbocycles. The molecule has 0 spiro atoms. The van der Waals surface area contributed by atoms with E-state index in [0.29, 0.717) is 5.96 Å². The van der Waals surface area contributed by atoms with Gasteiger partial charge >= 0.3 is 0 Å². The van der Waals surface area contributed by atoms with E-state index in [9.17, 15) is 0 Å². The number of hydrogen-bond donors (Lipinski definition) is 2. The van der Waals surface area contributed by atoms with Gasteiger partial charge < -0.3 is 20.5 Å². The maximum absolute atomic E-state index is 5.77. The average molecular weight is 443 g/mol. The SMILES string of the molecule is CCCCCCCCOCCCN=C(N)NCCCOCC.I. The van der Waals surface area contributed by atoms with E-state index >= 15 is 0 Å². The number of guanidine groups is 1. The van der Waals surface area contributed by atoms with E-state index < -0.39 is 0 Å². The third-order valence-corrected chi connectivity index (χ3v) is 3.35. The van der Waals surface area contributed by atoms with Crippen molar-refractivity contribution < 1.29 is 9.47 Å². The van der Waals surface area contributed by atoms with Gasteiger partial charge in [-0.15, -0.1) is 24.0 Å². The molecule has 0 aromatic heterocycles. The Morgan fingerprint density at radius 3 is 2.26 bits per heavy atom. The molecule has 23 heavy (non-hydrogen) atoms. The van der Waals surface area contributed by atoms with Crippen LogP contribution < -0.4 is 11.1 Å². The van der Waals surface area contributed by atoms with Crippen molar-refractivity contribution in [1.82, 2.24) is 5.32 Å². The van der Waals surface area contributed by atoms with Crippen LogP contribution in [-0.4, -0.2) is 45.5 Å². The van der Waals surface area contributed by atoms with E-state index in [1.54, 1.807) is 0 Å². The summed E-state index contributed by atoms with van der Waals surface area (Å²) in [6, 6.07) is 0. The molecule has 0 heterocycles. The summed E-state index contributed by atoms with van der Waals surface area (Å²) in [5.41, 5.74) is 5.77. The molecule has 0 saturated heterocycles. The van der Waals surface area contributed by atoms with Crippen LogP contribution in [0.4, 0.5) is 0 Å². The lowest BCUT2D eigenvalue weighted by Crippen LogP contribution is -2.33. The molecule has 0 aromatic rings. The fourth-order valence-electron chi connectivity index (χ4n) is 2.04. The first kappa shape index (κ1) is 25.2. The fourth-order valence-corrected chi connectivity index (χ4v) is 2.04. The Hall–Kier alpha value is -0.0800. The molecule has 0 unspecified atom stereocenters. The van der Waals surface area contributed by atoms with E-state index in [2.05, 4.69) is 17.2 Å². The number of rotatable bonds is 16. The molecule has 0 atom stereocenters. The number of aliphatic imine (C=N–C) groups is 1. The minimum atomic E-state index is 0. The smallest absolute Gasteiger partial charge is 0.188 e. The third-order valence-electron chi connectivity index (χ3n) is 3.35. The van der Waals surface area contributed by atoms with E-state index in [-0.39, 0.29) is 24.0 Å². The molecule has 0 aliphatic rings. The summed E-state index contributed by atoms with van der Waals surface area (Å²) >= 11 is 0. The Morgan fingerprint density at radius 1 is 0.870 bits per heavy atom. The summed E-state index contributed by atoms with van der Waals surface area (Å²) in [4.78, 5) is 4.27. The quantitative estimate of drug-likeness (QED) is 0.165. The molecular formula is C17H38IN3O2. The summed E-state index contributed by atoms with van der Waals surface area (Å²) in [6.07, 6.45) is 9.71. The van der Waals surface area contributed by atoms with Gasteiger partial charge in [0, 0.05) is 39.5 Å². The number of unbranched alkanes of at least 4 members (excludes halogenated alkanes) is 5. The van der Waals surface area contributed by atoms with Gasteiger partial charge in [-0.25, -0.2) is 0 Å². The van der Waals surface area contributed by atoms with Crippen molar-refractivity contribution in [2.45, 2.75) is 65.2 Å². The van der Waals surface area contributed by atoms with E-state index in [4.69, 9.17) is 15.2 Å². The number of halogens is 1. The van der Waals surface area contributed by atoms with Gasteiger partial charge in [0.05, 0.1) is 0 Å². The van der Waals surface area contributed by atoms with Gasteiger partial charge in [0.1, 0.15) is 0 Å². The monoisotopic (exact) mass is 443 g/mol. The summed E-state index contributed by atoms with van der Waals surface area (Å²) < 4.78 is 10.9. The van der Waals surface area contributed by atoms with Gasteiger partial charge in [0.25, 0.3) is 0 Å². The first-order valence-corrected chi connectivity index (χ1v) is 9.00. The zero-order chi connectivity index (χ0) is 16.3. The lowest BCUT2D eigenvalue weighted by Gasteiger charge is -2.06. The fraction of sp³-hybridized carbons (Fsp3) is 0.941. The van der Waals surface area contributed by atoms with Crippen molar-refractivity contribution in [2.75, 3.05) is 39.5 Å². The van der Waals surface area contributed by atoms with Gasteiger partial charge in [0.15, 0.2) is 5.96 Å². The number of nitrogens with one attached hydrogen (secondary N) is 1. The largest absolute Gasteiger partial charge is 0.382 e. The highest BCUT2D eigenvalue weighted by atomic mass is 127. The van der Waals surface area contributed by atoms with Crippen molar-refractivity contribution in [3.8, 4) is 0 Å². The lowest BCUT2D eigenvalue weighted by atomic mass is 10.1. The van der Waals surface area contributed by atoms with Gasteiger partial charge in [-0.05, 0) is 26.2 Å². The average Bonchev–Trinajstić information content (AvgIpc) is 2.52. The number of hydrogen-bond acceptors (Lipinski definition) is 3. The summed E-state index contributed by atoms with van der Waals surface area (Å²) in [5, 5.41) is 3.08. The zero-order valence-corrected chi connectivity index (χ0v) is 17.5. The summed E-state index contributed by atoms with van der Waals surface area (Å²) in [7, 11) is 0. The van der Waals surface area contributed by atoms with E-state index in [1.165, 1.54) is 38.5 Å². The highest BCUT2D eigenvalue weighted by Crippen LogP contribution is 2.04. The predicted molar refractivity (Wildman–Crippen MR) is 110 cm³/mol. The van der Waals surface area contributed by atoms with Crippen molar-refractivity contribution in [1.29, 1.82) is 0 Å². The topological polar surface area (TPSA) is 68.9 Å². The second kappa shape index (κ2) is 21.9. The van der Waals surface area contributed by atoms with Crippen LogP contribution >= 0.6 is 24.0 Å². The molecule has 0 radical (unpaired) electrons. The standard InChI is InChI=1S/C17H37N3O2.HI/c1-3-5-6-7-8-9-14-22-16-11-13-20-17(18)19-12-10-15-21-4-2;/h3-16H2,1-2H3,(H3,18,19,20);1H. The molecule has 0 amide bonds. The number of nitrogens with zero attached hydrogens (tertiary/aromatic N) is 1. The second-order valence-corrected chi connectivity index (χ2v) is 5.48. The molecule has 0 aliphatic carbocycles. The van der Waals surface area contributed by atoms with Gasteiger partial charge in [0.2, 0.25) is 0 Å². The molecule has 5 nitrogen and oxygen atoms in total. The maximum atomic E-state index is 5.77. The van der Waals surface area contributed by atoms with Crippen LogP contribution in [0.3, 0.4) is 0 Å². The maximum Gasteiger partial charge on any atom is 0.188 e. The predicted octanol–water partition coefficient (Wildman–Crippen LogP) is 3.70. The van der Waals surface area contributed by atoms with Gasteiger partial charge in [-0.3, -0.25) is 4.99 Å². The van der Waals surface area contributed by atoms with Crippen LogP contribution in [-0.2, 0) is 9.47 Å². The Kier molecular flexibility index (Phi) is 24.0. The van der Waals surface area contributed by atoms with E-state index in [0.717, 1.165) is 52.4 Å². The van der Waals surface area contributed by atoms with Crippen molar-refractivity contribution in [3.63, 3.8) is 0 Å². The molecule has 140 valence electrons. The Bertz CT molecular complexity index is 254. The Morgan fingerprint density at radius 2 is 1.52 bits per heavy atom. The third kappa shape index (κ3) is 21.9. The Labute approximate surface area is 160 Å². The van der Waals surface area contributed by atoms with Gasteiger partial charge in [-0.2, -0.15) is 0 Å². The molecular weight excluding hydrogens is 405 g/mol. The molecule has 3 N–H and O–H groups in total. The number of nitrogens with two attached hydrogens (primary N) is 1. The molecule has 0 saturated carbocycles. The van der Waals surface area contributed by atoms with Crippen LogP contribution in [0.2, 0.25) is 0 Å². The van der Waals surface area contributed by atoms with Crippen molar-refractivity contribution >= 4 is 29.9 Å². The number of ether oxygens (including phenoxy) is 2. The molecule has 0 rings (SSSR count). The van der Waals surface area contributed by atoms with Crippen LogP contribution in [0.5, 0.6) is 0 Å². The highest BCUT2D eigenvalue weighted by Gasteiger charge is 1.94. The highest BCUT2D eigenvalue weighted by molar-refractivity contribution is 14.0. The minimum Gasteiger partial charge on any atom is -0.382 e. The minimum absolute atomic E-state index is 0. The Balaban J connectivity index is 0. The lowest BCUT2D eigenvalue weighted by molar-refractivity contribution is 0.129. The van der Waals surface area contributed by atoms with E-state index in [1.807, 2.05) is 6.92 Å². The summed E-state index contributed by atoms with van der Waals surface area (Å²) in [5.74, 6) is 0.521. The molecule has 0 fully saturated rings.